The van der Waals surface area contributed by atoms with Crippen LogP contribution in [0, 0.1) is 11.8 Å². The van der Waals surface area contributed by atoms with E-state index in [2.05, 4.69) is 12.2 Å². The number of rotatable bonds is 1. The second kappa shape index (κ2) is 5.18. The normalized spacial score (nSPS) is 35.8. The Kier molecular flexibility index (Phi) is 4.50. The van der Waals surface area contributed by atoms with E-state index in [1.165, 1.54) is 25.7 Å². The molecule has 2 unspecified atom stereocenters. The minimum absolute atomic E-state index is 0. The van der Waals surface area contributed by atoms with Crippen LogP contribution in [0.15, 0.2) is 0 Å². The molecule has 0 amide bonds. The van der Waals surface area contributed by atoms with E-state index in [-0.39, 0.29) is 12.4 Å². The molecule has 0 aromatic heterocycles. The summed E-state index contributed by atoms with van der Waals surface area (Å²) in [5.41, 5.74) is 0. The fourth-order valence-electron chi connectivity index (χ4n) is 2.27. The maximum absolute atomic E-state index is 5.76. The molecule has 0 aromatic carbocycles. The lowest BCUT2D eigenvalue weighted by molar-refractivity contribution is -0.0549. The van der Waals surface area contributed by atoms with Gasteiger partial charge in [0, 0.05) is 6.54 Å². The molecule has 2 nitrogen and oxygen atoms in total. The maximum Gasteiger partial charge on any atom is 0.110 e. The summed E-state index contributed by atoms with van der Waals surface area (Å²) >= 11 is 0. The third-order valence-electron chi connectivity index (χ3n) is 3.06. The summed E-state index contributed by atoms with van der Waals surface area (Å²) < 4.78 is 5.76. The molecule has 0 bridgehead atoms. The number of hydrogen-bond donors (Lipinski definition) is 1. The molecule has 1 saturated heterocycles. The Hall–Kier alpha value is 0.210. The summed E-state index contributed by atoms with van der Waals surface area (Å²) in [6, 6.07) is 0. The Labute approximate surface area is 86.8 Å². The summed E-state index contributed by atoms with van der Waals surface area (Å²) in [6.45, 7) is 4.33. The first-order valence-corrected chi connectivity index (χ1v) is 5.21. The lowest BCUT2D eigenvalue weighted by Crippen LogP contribution is -2.46. The third kappa shape index (κ3) is 2.83. The second-order valence-corrected chi connectivity index (χ2v) is 4.31. The smallest absolute Gasteiger partial charge is 0.110 e. The summed E-state index contributed by atoms with van der Waals surface area (Å²) in [5.74, 6) is 1.50. The molecule has 13 heavy (non-hydrogen) atoms. The van der Waals surface area contributed by atoms with Gasteiger partial charge < -0.3 is 4.74 Å². The number of hydrogen-bond acceptors (Lipinski definition) is 2. The maximum atomic E-state index is 5.76. The molecule has 1 aliphatic carbocycles. The largest absolute Gasteiger partial charge is 0.363 e. The van der Waals surface area contributed by atoms with Crippen molar-refractivity contribution in [3.8, 4) is 0 Å². The van der Waals surface area contributed by atoms with E-state index >= 15 is 0 Å². The highest BCUT2D eigenvalue weighted by atomic mass is 35.5. The van der Waals surface area contributed by atoms with Gasteiger partial charge in [-0.1, -0.05) is 19.8 Å². The molecule has 1 N–H and O–H groups in total. The first-order chi connectivity index (χ1) is 5.86. The van der Waals surface area contributed by atoms with Crippen LogP contribution in [0.2, 0.25) is 0 Å². The molecule has 3 heteroatoms. The van der Waals surface area contributed by atoms with E-state index in [1.807, 2.05) is 0 Å². The van der Waals surface area contributed by atoms with E-state index < -0.39 is 0 Å². The quantitative estimate of drug-likeness (QED) is 0.709. The van der Waals surface area contributed by atoms with Gasteiger partial charge >= 0.3 is 0 Å². The molecule has 2 aliphatic rings. The first kappa shape index (κ1) is 11.3. The van der Waals surface area contributed by atoms with Crippen molar-refractivity contribution in [2.75, 3.05) is 13.2 Å². The molecule has 1 aliphatic heterocycles. The fraction of sp³-hybridized carbons (Fsp3) is 1.00. The van der Waals surface area contributed by atoms with E-state index in [4.69, 9.17) is 4.74 Å². The summed E-state index contributed by atoms with van der Waals surface area (Å²) in [6.07, 6.45) is 5.92. The Balaban J connectivity index is 0.000000845. The summed E-state index contributed by atoms with van der Waals surface area (Å²) in [5, 5.41) is 3.49. The Morgan fingerprint density at radius 1 is 1.23 bits per heavy atom. The van der Waals surface area contributed by atoms with Crippen molar-refractivity contribution < 1.29 is 4.74 Å². The van der Waals surface area contributed by atoms with Gasteiger partial charge in [0.15, 0.2) is 0 Å². The highest BCUT2D eigenvalue weighted by Gasteiger charge is 2.28. The van der Waals surface area contributed by atoms with Gasteiger partial charge in [-0.3, -0.25) is 5.32 Å². The predicted molar refractivity (Wildman–Crippen MR) is 56.1 cm³/mol. The molecule has 2 rings (SSSR count). The molecule has 0 radical (unpaired) electrons. The van der Waals surface area contributed by atoms with Crippen LogP contribution in [0.3, 0.4) is 0 Å². The second-order valence-electron chi connectivity index (χ2n) is 4.31. The number of halogens is 1. The summed E-state index contributed by atoms with van der Waals surface area (Å²) in [7, 11) is 0. The van der Waals surface area contributed by atoms with Gasteiger partial charge in [0.25, 0.3) is 0 Å². The van der Waals surface area contributed by atoms with Gasteiger partial charge in [0.05, 0.1) is 6.61 Å². The van der Waals surface area contributed by atoms with Gasteiger partial charge in [-0.05, 0) is 24.7 Å². The van der Waals surface area contributed by atoms with Crippen LogP contribution >= 0.6 is 12.4 Å². The predicted octanol–water partition coefficient (Wildman–Crippen LogP) is 2.18. The molecule has 1 saturated carbocycles. The van der Waals surface area contributed by atoms with Gasteiger partial charge in [-0.15, -0.1) is 12.4 Å². The van der Waals surface area contributed by atoms with Crippen molar-refractivity contribution >= 4 is 12.4 Å². The molecule has 2 fully saturated rings. The minimum Gasteiger partial charge on any atom is -0.363 e. The lowest BCUT2D eigenvalue weighted by atomic mass is 10.0. The SMILES string of the molecule is CC1CNC(C2CCCC2)OC1.Cl. The Morgan fingerprint density at radius 2 is 1.92 bits per heavy atom. The van der Waals surface area contributed by atoms with Gasteiger partial charge in [-0.25, -0.2) is 0 Å². The van der Waals surface area contributed by atoms with E-state index in [1.54, 1.807) is 0 Å². The number of nitrogens with one attached hydrogen (secondary N) is 1. The van der Waals surface area contributed by atoms with Gasteiger partial charge in [0.2, 0.25) is 0 Å². The molecule has 0 aromatic rings. The van der Waals surface area contributed by atoms with Crippen LogP contribution in [0.25, 0.3) is 0 Å². The van der Waals surface area contributed by atoms with Gasteiger partial charge in [-0.2, -0.15) is 0 Å². The average molecular weight is 206 g/mol. The van der Waals surface area contributed by atoms with Crippen LogP contribution in [0.4, 0.5) is 0 Å². The van der Waals surface area contributed by atoms with Gasteiger partial charge in [0.1, 0.15) is 6.23 Å². The van der Waals surface area contributed by atoms with Crippen molar-refractivity contribution in [3.05, 3.63) is 0 Å². The van der Waals surface area contributed by atoms with Crippen LogP contribution < -0.4 is 5.32 Å². The number of ether oxygens (including phenoxy) is 1. The molecule has 78 valence electrons. The van der Waals surface area contributed by atoms with E-state index in [0.29, 0.717) is 12.1 Å². The highest BCUT2D eigenvalue weighted by Crippen LogP contribution is 2.29. The van der Waals surface area contributed by atoms with Crippen molar-refractivity contribution in [2.45, 2.75) is 38.8 Å². The zero-order valence-corrected chi connectivity index (χ0v) is 9.11. The van der Waals surface area contributed by atoms with Crippen molar-refractivity contribution in [1.29, 1.82) is 0 Å². The van der Waals surface area contributed by atoms with Crippen LogP contribution in [-0.4, -0.2) is 19.4 Å². The van der Waals surface area contributed by atoms with E-state index in [0.717, 1.165) is 19.1 Å². The average Bonchev–Trinajstić information content (AvgIpc) is 2.58. The lowest BCUT2D eigenvalue weighted by Gasteiger charge is -2.32. The molecule has 2 atom stereocenters. The first-order valence-electron chi connectivity index (χ1n) is 5.21. The Bertz CT molecular complexity index is 140. The Morgan fingerprint density at radius 3 is 2.46 bits per heavy atom. The minimum atomic E-state index is 0. The van der Waals surface area contributed by atoms with Crippen LogP contribution in [0.5, 0.6) is 0 Å². The zero-order valence-electron chi connectivity index (χ0n) is 8.29. The molecule has 1 heterocycles. The topological polar surface area (TPSA) is 21.3 Å². The highest BCUT2D eigenvalue weighted by molar-refractivity contribution is 5.85. The molecule has 0 spiro atoms. The monoisotopic (exact) mass is 205 g/mol. The van der Waals surface area contributed by atoms with Crippen molar-refractivity contribution in [1.82, 2.24) is 5.32 Å². The van der Waals surface area contributed by atoms with Crippen LogP contribution in [-0.2, 0) is 4.74 Å². The molecular weight excluding hydrogens is 186 g/mol. The third-order valence-corrected chi connectivity index (χ3v) is 3.06. The summed E-state index contributed by atoms with van der Waals surface area (Å²) in [4.78, 5) is 0. The zero-order chi connectivity index (χ0) is 8.39. The van der Waals surface area contributed by atoms with E-state index in [9.17, 15) is 0 Å². The molecular formula is C10H20ClNO. The van der Waals surface area contributed by atoms with Crippen molar-refractivity contribution in [2.24, 2.45) is 11.8 Å². The van der Waals surface area contributed by atoms with Crippen LogP contribution in [0.1, 0.15) is 32.6 Å². The standard InChI is InChI=1S/C10H19NO.ClH/c1-8-6-11-10(12-7-8)9-4-2-3-5-9;/h8-11H,2-7H2,1H3;1H. The van der Waals surface area contributed by atoms with Crippen molar-refractivity contribution in [3.63, 3.8) is 0 Å². The fourth-order valence-corrected chi connectivity index (χ4v) is 2.27.